The molecule has 0 radical (unpaired) electrons. The minimum atomic E-state index is -3.03. The molecule has 18 heavy (non-hydrogen) atoms. The fourth-order valence-electron chi connectivity index (χ4n) is 1.35. The topological polar surface area (TPSA) is 63.2 Å². The monoisotopic (exact) mass is 333 g/mol. The van der Waals surface area contributed by atoms with Crippen LogP contribution in [0.2, 0.25) is 0 Å². The molecule has 1 rings (SSSR count). The SMILES string of the molecule is CCS(=O)(=O)CCNC(=O)c1ccc(Br)c(C)c1. The van der Waals surface area contributed by atoms with Gasteiger partial charge in [-0.25, -0.2) is 8.42 Å². The van der Waals surface area contributed by atoms with E-state index in [9.17, 15) is 13.2 Å². The predicted molar refractivity (Wildman–Crippen MR) is 75.5 cm³/mol. The highest BCUT2D eigenvalue weighted by molar-refractivity contribution is 9.10. The van der Waals surface area contributed by atoms with Crippen molar-refractivity contribution in [1.29, 1.82) is 0 Å². The number of nitrogens with one attached hydrogen (secondary N) is 1. The summed E-state index contributed by atoms with van der Waals surface area (Å²) in [5, 5.41) is 2.60. The van der Waals surface area contributed by atoms with Gasteiger partial charge in [-0.3, -0.25) is 4.79 Å². The van der Waals surface area contributed by atoms with Crippen LogP contribution in [0.4, 0.5) is 0 Å². The Hall–Kier alpha value is -0.880. The van der Waals surface area contributed by atoms with Crippen LogP contribution in [0.1, 0.15) is 22.8 Å². The molecule has 100 valence electrons. The number of carbonyl (C=O) groups excluding carboxylic acids is 1. The van der Waals surface area contributed by atoms with Crippen molar-refractivity contribution in [2.24, 2.45) is 0 Å². The fourth-order valence-corrected chi connectivity index (χ4v) is 2.30. The zero-order chi connectivity index (χ0) is 13.8. The first-order chi connectivity index (χ1) is 8.35. The lowest BCUT2D eigenvalue weighted by molar-refractivity contribution is 0.0956. The molecular formula is C12H16BrNO3S. The highest BCUT2D eigenvalue weighted by Gasteiger charge is 2.10. The Labute approximate surface area is 116 Å². The fraction of sp³-hybridized carbons (Fsp3) is 0.417. The second-order valence-electron chi connectivity index (χ2n) is 3.96. The van der Waals surface area contributed by atoms with Crippen LogP contribution in [0, 0.1) is 6.92 Å². The van der Waals surface area contributed by atoms with E-state index < -0.39 is 9.84 Å². The summed E-state index contributed by atoms with van der Waals surface area (Å²) in [5.74, 6) is -0.178. The molecule has 1 amide bonds. The van der Waals surface area contributed by atoms with Crippen LogP contribution < -0.4 is 5.32 Å². The van der Waals surface area contributed by atoms with E-state index in [-0.39, 0.29) is 24.0 Å². The van der Waals surface area contributed by atoms with E-state index in [4.69, 9.17) is 0 Å². The number of halogens is 1. The highest BCUT2D eigenvalue weighted by atomic mass is 79.9. The molecule has 4 nitrogen and oxygen atoms in total. The van der Waals surface area contributed by atoms with E-state index in [1.807, 2.05) is 6.92 Å². The zero-order valence-corrected chi connectivity index (χ0v) is 12.8. The minimum Gasteiger partial charge on any atom is -0.351 e. The van der Waals surface area contributed by atoms with Crippen molar-refractivity contribution in [3.63, 3.8) is 0 Å². The summed E-state index contributed by atoms with van der Waals surface area (Å²) in [5.41, 5.74) is 1.49. The number of benzene rings is 1. The summed E-state index contributed by atoms with van der Waals surface area (Å²) in [6.07, 6.45) is 0. The Morgan fingerprint density at radius 1 is 1.39 bits per heavy atom. The van der Waals surface area contributed by atoms with Crippen LogP contribution in [0.15, 0.2) is 22.7 Å². The molecule has 0 aromatic heterocycles. The van der Waals surface area contributed by atoms with Crippen LogP contribution in [0.25, 0.3) is 0 Å². The molecule has 0 saturated carbocycles. The Morgan fingerprint density at radius 3 is 2.61 bits per heavy atom. The van der Waals surface area contributed by atoms with Crippen LogP contribution in [-0.4, -0.2) is 32.4 Å². The second-order valence-corrected chi connectivity index (χ2v) is 7.28. The molecule has 0 spiro atoms. The Morgan fingerprint density at radius 2 is 2.06 bits per heavy atom. The van der Waals surface area contributed by atoms with Gasteiger partial charge in [0.05, 0.1) is 5.75 Å². The molecule has 0 aliphatic carbocycles. The third kappa shape index (κ3) is 4.42. The summed E-state index contributed by atoms with van der Waals surface area (Å²) in [4.78, 5) is 11.8. The van der Waals surface area contributed by atoms with Gasteiger partial charge in [0.15, 0.2) is 9.84 Å². The number of rotatable bonds is 5. The van der Waals surface area contributed by atoms with Crippen LogP contribution in [0.5, 0.6) is 0 Å². The van der Waals surface area contributed by atoms with Gasteiger partial charge in [0.1, 0.15) is 0 Å². The maximum Gasteiger partial charge on any atom is 0.251 e. The van der Waals surface area contributed by atoms with Crippen LogP contribution >= 0.6 is 15.9 Å². The van der Waals surface area contributed by atoms with Gasteiger partial charge in [-0.15, -0.1) is 0 Å². The first kappa shape index (κ1) is 15.2. The standard InChI is InChI=1S/C12H16BrNO3S/c1-3-18(16,17)7-6-14-12(15)10-4-5-11(13)9(2)8-10/h4-5,8H,3,6-7H2,1-2H3,(H,14,15). The molecule has 0 bridgehead atoms. The summed E-state index contributed by atoms with van der Waals surface area (Å²) >= 11 is 3.36. The van der Waals surface area contributed by atoms with E-state index in [0.717, 1.165) is 10.0 Å². The van der Waals surface area contributed by atoms with E-state index >= 15 is 0 Å². The summed E-state index contributed by atoms with van der Waals surface area (Å²) in [7, 11) is -3.03. The predicted octanol–water partition coefficient (Wildman–Crippen LogP) is 1.92. The van der Waals surface area contributed by atoms with Gasteiger partial charge in [-0.05, 0) is 30.7 Å². The number of carbonyl (C=O) groups is 1. The lowest BCUT2D eigenvalue weighted by atomic mass is 10.1. The van der Waals surface area contributed by atoms with Gasteiger partial charge < -0.3 is 5.32 Å². The van der Waals surface area contributed by atoms with Crippen molar-refractivity contribution in [3.05, 3.63) is 33.8 Å². The molecule has 1 aromatic rings. The summed E-state index contributed by atoms with van der Waals surface area (Å²) in [6.45, 7) is 3.63. The van der Waals surface area contributed by atoms with E-state index in [1.54, 1.807) is 25.1 Å². The Kier molecular flexibility index (Phi) is 5.34. The van der Waals surface area contributed by atoms with Crippen molar-refractivity contribution >= 4 is 31.7 Å². The third-order valence-corrected chi connectivity index (χ3v) is 5.15. The molecule has 0 atom stereocenters. The molecule has 6 heteroatoms. The van der Waals surface area contributed by atoms with Crippen LogP contribution in [0.3, 0.4) is 0 Å². The van der Waals surface area contributed by atoms with Gasteiger partial charge >= 0.3 is 0 Å². The molecule has 0 heterocycles. The van der Waals surface area contributed by atoms with Gasteiger partial charge in [-0.2, -0.15) is 0 Å². The van der Waals surface area contributed by atoms with Crippen molar-refractivity contribution < 1.29 is 13.2 Å². The van der Waals surface area contributed by atoms with Gasteiger partial charge in [0, 0.05) is 22.3 Å². The Bertz CT molecular complexity index is 540. The number of sulfone groups is 1. The maximum absolute atomic E-state index is 11.8. The Balaban J connectivity index is 2.58. The molecule has 0 unspecified atom stereocenters. The first-order valence-corrected chi connectivity index (χ1v) is 8.22. The van der Waals surface area contributed by atoms with E-state index in [0.29, 0.717) is 5.56 Å². The third-order valence-electron chi connectivity index (χ3n) is 2.56. The lowest BCUT2D eigenvalue weighted by Gasteiger charge is -2.06. The largest absolute Gasteiger partial charge is 0.351 e. The molecule has 1 aromatic carbocycles. The van der Waals surface area contributed by atoms with Crippen molar-refractivity contribution in [2.45, 2.75) is 13.8 Å². The smallest absolute Gasteiger partial charge is 0.251 e. The van der Waals surface area contributed by atoms with Crippen molar-refractivity contribution in [2.75, 3.05) is 18.1 Å². The quantitative estimate of drug-likeness (QED) is 0.895. The summed E-state index contributed by atoms with van der Waals surface area (Å²) < 4.78 is 23.5. The second kappa shape index (κ2) is 6.33. The molecular weight excluding hydrogens is 318 g/mol. The minimum absolute atomic E-state index is 0.0231. The van der Waals surface area contributed by atoms with Gasteiger partial charge in [0.25, 0.3) is 5.91 Å². The molecule has 0 aliphatic rings. The number of hydrogen-bond acceptors (Lipinski definition) is 3. The maximum atomic E-state index is 11.8. The van der Waals surface area contributed by atoms with Gasteiger partial charge in [-0.1, -0.05) is 22.9 Å². The normalized spacial score (nSPS) is 11.3. The summed E-state index contributed by atoms with van der Waals surface area (Å²) in [6, 6.07) is 5.25. The van der Waals surface area contributed by atoms with Crippen molar-refractivity contribution in [3.8, 4) is 0 Å². The van der Waals surface area contributed by atoms with Crippen LogP contribution in [-0.2, 0) is 9.84 Å². The molecule has 1 N–H and O–H groups in total. The number of aryl methyl sites for hydroxylation is 1. The average molecular weight is 334 g/mol. The van der Waals surface area contributed by atoms with Gasteiger partial charge in [0.2, 0.25) is 0 Å². The zero-order valence-electron chi connectivity index (χ0n) is 10.4. The number of hydrogen-bond donors (Lipinski definition) is 1. The number of amides is 1. The molecule has 0 fully saturated rings. The van der Waals surface area contributed by atoms with E-state index in [2.05, 4.69) is 21.2 Å². The highest BCUT2D eigenvalue weighted by Crippen LogP contribution is 2.16. The molecule has 0 saturated heterocycles. The van der Waals surface area contributed by atoms with E-state index in [1.165, 1.54) is 0 Å². The van der Waals surface area contributed by atoms with Crippen molar-refractivity contribution in [1.82, 2.24) is 5.32 Å². The lowest BCUT2D eigenvalue weighted by Crippen LogP contribution is -2.29. The molecule has 0 aliphatic heterocycles. The average Bonchev–Trinajstić information content (AvgIpc) is 2.32. The first-order valence-electron chi connectivity index (χ1n) is 5.60.